The summed E-state index contributed by atoms with van der Waals surface area (Å²) in [6.45, 7) is 3.78. The molecule has 0 saturated heterocycles. The molecular formula is C13H18ClNO2S. The Bertz CT molecular complexity index is 435. The van der Waals surface area contributed by atoms with Crippen LogP contribution < -0.4 is 5.32 Å². The molecule has 0 spiro atoms. The van der Waals surface area contributed by atoms with Crippen molar-refractivity contribution in [1.29, 1.82) is 0 Å². The van der Waals surface area contributed by atoms with Crippen LogP contribution in [0.2, 0.25) is 5.02 Å². The maximum Gasteiger partial charge on any atom is 0.251 e. The van der Waals surface area contributed by atoms with E-state index in [9.17, 15) is 9.90 Å². The first kappa shape index (κ1) is 15.3. The lowest BCUT2D eigenvalue weighted by Crippen LogP contribution is -2.42. The van der Waals surface area contributed by atoms with Crippen LogP contribution in [0.5, 0.6) is 0 Å². The molecule has 3 nitrogen and oxygen atoms in total. The van der Waals surface area contributed by atoms with Gasteiger partial charge in [0.2, 0.25) is 0 Å². The van der Waals surface area contributed by atoms with Crippen LogP contribution in [-0.4, -0.2) is 35.2 Å². The van der Waals surface area contributed by atoms with Gasteiger partial charge in [-0.15, -0.1) is 0 Å². The molecule has 0 aliphatic heterocycles. The molecule has 0 fully saturated rings. The number of hydrogen-bond acceptors (Lipinski definition) is 3. The van der Waals surface area contributed by atoms with Crippen LogP contribution in [0.3, 0.4) is 0 Å². The van der Waals surface area contributed by atoms with Crippen LogP contribution in [0.4, 0.5) is 0 Å². The second kappa shape index (κ2) is 6.45. The highest BCUT2D eigenvalue weighted by molar-refractivity contribution is 7.98. The lowest BCUT2D eigenvalue weighted by Gasteiger charge is -2.22. The highest BCUT2D eigenvalue weighted by Gasteiger charge is 2.21. The summed E-state index contributed by atoms with van der Waals surface area (Å²) in [6.07, 6.45) is 1.91. The van der Waals surface area contributed by atoms with E-state index in [1.807, 2.05) is 13.2 Å². The summed E-state index contributed by atoms with van der Waals surface area (Å²) in [6, 6.07) is 5.18. The van der Waals surface area contributed by atoms with E-state index < -0.39 is 5.60 Å². The van der Waals surface area contributed by atoms with Gasteiger partial charge in [-0.1, -0.05) is 17.7 Å². The van der Waals surface area contributed by atoms with Crippen molar-refractivity contribution in [2.75, 3.05) is 18.6 Å². The molecule has 0 heterocycles. The molecule has 5 heteroatoms. The minimum absolute atomic E-state index is 0.212. The van der Waals surface area contributed by atoms with E-state index in [4.69, 9.17) is 11.6 Å². The van der Waals surface area contributed by atoms with Crippen molar-refractivity contribution < 1.29 is 9.90 Å². The number of nitrogens with one attached hydrogen (secondary N) is 1. The van der Waals surface area contributed by atoms with Gasteiger partial charge >= 0.3 is 0 Å². The van der Waals surface area contributed by atoms with E-state index in [1.54, 1.807) is 25.1 Å². The standard InChI is InChI=1S/C13H18ClNO2S/c1-9-4-5-10(14)6-11(9)12(16)15-7-13(2,17)8-18-3/h4-6,17H,7-8H2,1-3H3,(H,15,16). The fourth-order valence-corrected chi connectivity index (χ4v) is 2.46. The number of halogens is 1. The Kier molecular flexibility index (Phi) is 5.50. The number of carbonyl (C=O) groups excluding carboxylic acids is 1. The number of hydrogen-bond donors (Lipinski definition) is 2. The van der Waals surface area contributed by atoms with Gasteiger partial charge in [-0.2, -0.15) is 11.8 Å². The molecule has 0 bridgehead atoms. The molecular weight excluding hydrogens is 270 g/mol. The van der Waals surface area contributed by atoms with Crippen LogP contribution >= 0.6 is 23.4 Å². The molecule has 1 aromatic rings. The second-order valence-electron chi connectivity index (χ2n) is 4.57. The lowest BCUT2D eigenvalue weighted by molar-refractivity contribution is 0.0724. The summed E-state index contributed by atoms with van der Waals surface area (Å²) in [5.74, 6) is 0.360. The normalized spacial score (nSPS) is 14.1. The summed E-state index contributed by atoms with van der Waals surface area (Å²) in [5.41, 5.74) is 0.505. The van der Waals surface area contributed by atoms with Gasteiger partial charge in [-0.25, -0.2) is 0 Å². The Balaban J connectivity index is 2.69. The van der Waals surface area contributed by atoms with Gasteiger partial charge in [0.15, 0.2) is 0 Å². The van der Waals surface area contributed by atoms with Crippen molar-refractivity contribution in [3.63, 3.8) is 0 Å². The minimum Gasteiger partial charge on any atom is -0.387 e. The van der Waals surface area contributed by atoms with E-state index in [0.717, 1.165) is 5.56 Å². The summed E-state index contributed by atoms with van der Waals surface area (Å²) in [4.78, 5) is 12.0. The molecule has 1 rings (SSSR count). The Morgan fingerprint density at radius 3 is 2.83 bits per heavy atom. The van der Waals surface area contributed by atoms with Gasteiger partial charge < -0.3 is 10.4 Å². The quantitative estimate of drug-likeness (QED) is 0.875. The zero-order valence-corrected chi connectivity index (χ0v) is 12.4. The third-order valence-corrected chi connectivity index (χ3v) is 3.67. The number of benzene rings is 1. The summed E-state index contributed by atoms with van der Waals surface area (Å²) in [5, 5.41) is 13.2. The van der Waals surface area contributed by atoms with Crippen molar-refractivity contribution in [2.45, 2.75) is 19.4 Å². The van der Waals surface area contributed by atoms with Crippen LogP contribution in [0, 0.1) is 6.92 Å². The fourth-order valence-electron chi connectivity index (χ4n) is 1.57. The zero-order chi connectivity index (χ0) is 13.8. The minimum atomic E-state index is -0.901. The van der Waals surface area contributed by atoms with Crippen molar-refractivity contribution >= 4 is 29.3 Å². The highest BCUT2D eigenvalue weighted by atomic mass is 35.5. The van der Waals surface area contributed by atoms with E-state index in [-0.39, 0.29) is 12.5 Å². The molecule has 0 aliphatic rings. The molecule has 2 N–H and O–H groups in total. The monoisotopic (exact) mass is 287 g/mol. The van der Waals surface area contributed by atoms with Gasteiger partial charge in [0.25, 0.3) is 5.91 Å². The number of aryl methyl sites for hydroxylation is 1. The first-order valence-electron chi connectivity index (χ1n) is 5.61. The number of carbonyl (C=O) groups is 1. The van der Waals surface area contributed by atoms with Gasteiger partial charge in [0.05, 0.1) is 5.60 Å². The van der Waals surface area contributed by atoms with Crippen molar-refractivity contribution in [1.82, 2.24) is 5.32 Å². The molecule has 0 aromatic heterocycles. The number of amides is 1. The molecule has 1 aromatic carbocycles. The maximum absolute atomic E-state index is 12.0. The molecule has 18 heavy (non-hydrogen) atoms. The average Bonchev–Trinajstić information content (AvgIpc) is 2.29. The zero-order valence-electron chi connectivity index (χ0n) is 10.8. The van der Waals surface area contributed by atoms with E-state index in [2.05, 4.69) is 5.32 Å². The summed E-state index contributed by atoms with van der Waals surface area (Å²) >= 11 is 7.41. The molecule has 1 unspecified atom stereocenters. The Morgan fingerprint density at radius 1 is 1.56 bits per heavy atom. The van der Waals surface area contributed by atoms with Crippen molar-refractivity contribution in [2.24, 2.45) is 0 Å². The van der Waals surface area contributed by atoms with E-state index in [1.165, 1.54) is 11.8 Å². The number of rotatable bonds is 5. The Hall–Kier alpha value is -0.710. The third kappa shape index (κ3) is 4.52. The molecule has 1 amide bonds. The van der Waals surface area contributed by atoms with Crippen LogP contribution in [-0.2, 0) is 0 Å². The molecule has 0 saturated carbocycles. The Morgan fingerprint density at radius 2 is 2.22 bits per heavy atom. The first-order valence-corrected chi connectivity index (χ1v) is 7.38. The summed E-state index contributed by atoms with van der Waals surface area (Å²) in [7, 11) is 0. The van der Waals surface area contributed by atoms with Gasteiger partial charge in [-0.3, -0.25) is 4.79 Å². The number of thioether (sulfide) groups is 1. The molecule has 0 radical (unpaired) electrons. The van der Waals surface area contributed by atoms with Gasteiger partial charge in [-0.05, 0) is 37.8 Å². The first-order chi connectivity index (χ1) is 8.35. The molecule has 0 aliphatic carbocycles. The van der Waals surface area contributed by atoms with Crippen molar-refractivity contribution in [3.05, 3.63) is 34.3 Å². The predicted molar refractivity (Wildman–Crippen MR) is 77.5 cm³/mol. The smallest absolute Gasteiger partial charge is 0.251 e. The second-order valence-corrected chi connectivity index (χ2v) is 5.87. The van der Waals surface area contributed by atoms with Crippen molar-refractivity contribution in [3.8, 4) is 0 Å². The maximum atomic E-state index is 12.0. The molecule has 1 atom stereocenters. The number of aliphatic hydroxyl groups is 1. The summed E-state index contributed by atoms with van der Waals surface area (Å²) < 4.78 is 0. The lowest BCUT2D eigenvalue weighted by atomic mass is 10.1. The van der Waals surface area contributed by atoms with Crippen LogP contribution in [0.25, 0.3) is 0 Å². The molecule has 100 valence electrons. The largest absolute Gasteiger partial charge is 0.387 e. The van der Waals surface area contributed by atoms with Crippen LogP contribution in [0.1, 0.15) is 22.8 Å². The highest BCUT2D eigenvalue weighted by Crippen LogP contribution is 2.16. The van der Waals surface area contributed by atoms with E-state index in [0.29, 0.717) is 16.3 Å². The average molecular weight is 288 g/mol. The third-order valence-electron chi connectivity index (χ3n) is 2.53. The Labute approximate surface area is 117 Å². The predicted octanol–water partition coefficient (Wildman–Crippen LogP) is 2.49. The fraction of sp³-hybridized carbons (Fsp3) is 0.462. The topological polar surface area (TPSA) is 49.3 Å². The van der Waals surface area contributed by atoms with Gasteiger partial charge in [0, 0.05) is 22.9 Å². The van der Waals surface area contributed by atoms with E-state index >= 15 is 0 Å². The van der Waals surface area contributed by atoms with Crippen LogP contribution in [0.15, 0.2) is 18.2 Å². The SMILES string of the molecule is CSCC(C)(O)CNC(=O)c1cc(Cl)ccc1C. The van der Waals surface area contributed by atoms with Gasteiger partial charge in [0.1, 0.15) is 0 Å².